The Balaban J connectivity index is 2.17. The van der Waals surface area contributed by atoms with Gasteiger partial charge in [0.2, 0.25) is 9.84 Å². The SMILES string of the molecule is COCC(O)COCC(COCC(O)CC(C)(C)Oc1ccc(S(=O)(=O)c2ccc(C(C)(C)OCC(CO)OCC(COCC(CO)OCC(O)COCC(COC)OCC(O)COC)OCC(O)COCC(COCC(COC)OCC(O)COC)OCC(O)COI)cc2)cc1)OCC(COCC(O)COC)OCC(O)COC. The minimum Gasteiger partial charge on any atom is -0.488 e. The Hall–Kier alpha value is -2.48. The van der Waals surface area contributed by atoms with Crippen LogP contribution in [-0.2, 0) is 127 Å². The molecule has 0 saturated carbocycles. The van der Waals surface area contributed by atoms with Crippen LogP contribution < -0.4 is 4.74 Å². The molecule has 0 saturated heterocycles. The van der Waals surface area contributed by atoms with Crippen LogP contribution in [0.15, 0.2) is 58.3 Å². The van der Waals surface area contributed by atoms with E-state index in [2.05, 4.69) is 0 Å². The van der Waals surface area contributed by atoms with Gasteiger partial charge in [0.15, 0.2) is 0 Å². The van der Waals surface area contributed by atoms with E-state index in [9.17, 15) is 64.6 Å². The van der Waals surface area contributed by atoms with Crippen molar-refractivity contribution < 1.29 is 181 Å². The number of halogens is 1. The number of hydrogen-bond acceptors (Lipinski definition) is 38. The zero-order valence-electron chi connectivity index (χ0n) is 69.2. The average molecular weight is 1820 g/mol. The fourth-order valence-corrected chi connectivity index (χ4v) is 12.2. The Morgan fingerprint density at radius 2 is 0.552 bits per heavy atom. The van der Waals surface area contributed by atoms with Gasteiger partial charge in [-0.1, -0.05) is 12.1 Å². The molecule has 0 fully saturated rings. The number of aliphatic hydroxyl groups is 11. The van der Waals surface area contributed by atoms with Crippen LogP contribution in [0.5, 0.6) is 5.75 Å². The van der Waals surface area contributed by atoms with Crippen molar-refractivity contribution in [1.29, 1.82) is 0 Å². The third-order valence-electron chi connectivity index (χ3n) is 16.4. The van der Waals surface area contributed by atoms with Gasteiger partial charge in [0.1, 0.15) is 132 Å². The highest BCUT2D eigenvalue weighted by molar-refractivity contribution is 14.1. The number of benzene rings is 2. The third kappa shape index (κ3) is 52.2. The molecule has 0 aliphatic heterocycles. The highest BCUT2D eigenvalue weighted by Crippen LogP contribution is 2.31. The molecule has 0 radical (unpaired) electrons. The average Bonchev–Trinajstić information content (AvgIpc) is 0.791. The molecule has 40 heteroatoms. The first kappa shape index (κ1) is 110. The fraction of sp³-hybridized carbons (Fsp3) is 0.842. The monoisotopic (exact) mass is 1820 g/mol. The summed E-state index contributed by atoms with van der Waals surface area (Å²) in [6.45, 7) is 4.08. The predicted octanol–water partition coefficient (Wildman–Crippen LogP) is -1.36. The number of ether oxygens (including phenoxy) is 24. The van der Waals surface area contributed by atoms with Gasteiger partial charge in [-0.3, -0.25) is 0 Å². The second kappa shape index (κ2) is 66.1. The molecule has 38 nitrogen and oxygen atoms in total. The molecule has 682 valence electrons. The summed E-state index contributed by atoms with van der Waals surface area (Å²) in [7, 11) is 6.16. The molecule has 0 aromatic heterocycles. The van der Waals surface area contributed by atoms with Crippen LogP contribution in [0.1, 0.15) is 39.7 Å². The number of rotatable bonds is 80. The molecule has 17 unspecified atom stereocenters. The summed E-state index contributed by atoms with van der Waals surface area (Å²) in [5, 5.41) is 115. The zero-order valence-corrected chi connectivity index (χ0v) is 72.2. The van der Waals surface area contributed by atoms with Crippen molar-refractivity contribution in [1.82, 2.24) is 0 Å². The summed E-state index contributed by atoms with van der Waals surface area (Å²) < 4.78 is 169. The van der Waals surface area contributed by atoms with Crippen molar-refractivity contribution in [3.8, 4) is 5.75 Å². The van der Waals surface area contributed by atoms with Crippen molar-refractivity contribution >= 4 is 32.8 Å². The van der Waals surface area contributed by atoms with Crippen LogP contribution in [0.4, 0.5) is 0 Å². The lowest BCUT2D eigenvalue weighted by atomic mass is 9.98. The van der Waals surface area contributed by atoms with Gasteiger partial charge in [-0.2, -0.15) is 0 Å². The van der Waals surface area contributed by atoms with Crippen molar-refractivity contribution in [2.75, 3.05) is 268 Å². The van der Waals surface area contributed by atoms with Gasteiger partial charge in [0.25, 0.3) is 0 Å². The van der Waals surface area contributed by atoms with Crippen molar-refractivity contribution in [2.45, 2.75) is 159 Å². The van der Waals surface area contributed by atoms with Gasteiger partial charge in [-0.25, -0.2) is 8.42 Å². The lowest BCUT2D eigenvalue weighted by molar-refractivity contribution is -0.144. The first-order chi connectivity index (χ1) is 55.5. The molecule has 116 heavy (non-hydrogen) atoms. The Kier molecular flexibility index (Phi) is 62.4. The molecule has 0 heterocycles. The Morgan fingerprint density at radius 1 is 0.302 bits per heavy atom. The molecular formula is C76H137IO38S. The number of aliphatic hydroxyl groups excluding tert-OH is 11. The Labute approximate surface area is 697 Å². The van der Waals surface area contributed by atoms with E-state index in [1.54, 1.807) is 62.8 Å². The molecule has 11 N–H and O–H groups in total. The van der Waals surface area contributed by atoms with Gasteiger partial charge >= 0.3 is 0 Å². The van der Waals surface area contributed by atoms with E-state index < -0.39 is 138 Å². The van der Waals surface area contributed by atoms with Crippen LogP contribution in [-0.4, -0.2) is 442 Å². The van der Waals surface area contributed by atoms with Gasteiger partial charge in [-0.15, -0.1) is 0 Å². The van der Waals surface area contributed by atoms with Crippen molar-refractivity contribution in [3.05, 3.63) is 54.1 Å². The molecule has 0 spiro atoms. The molecule has 2 aromatic carbocycles. The second-order valence-electron chi connectivity index (χ2n) is 28.5. The van der Waals surface area contributed by atoms with Crippen LogP contribution in [0.3, 0.4) is 0 Å². The van der Waals surface area contributed by atoms with Crippen molar-refractivity contribution in [2.24, 2.45) is 0 Å². The lowest BCUT2D eigenvalue weighted by Gasteiger charge is -2.29. The second-order valence-corrected chi connectivity index (χ2v) is 31.1. The largest absolute Gasteiger partial charge is 0.488 e. The smallest absolute Gasteiger partial charge is 0.206 e. The topological polar surface area (TPSA) is 487 Å². The quantitative estimate of drug-likeness (QED) is 0.0341. The highest BCUT2D eigenvalue weighted by atomic mass is 127. The molecule has 0 aliphatic rings. The maximum Gasteiger partial charge on any atom is 0.206 e. The maximum absolute atomic E-state index is 14.1. The molecule has 17 atom stereocenters. The number of methoxy groups -OCH3 is 7. The fourth-order valence-electron chi connectivity index (χ4n) is 10.5. The first-order valence-electron chi connectivity index (χ1n) is 38.3. The van der Waals surface area contributed by atoms with Crippen LogP contribution >= 0.6 is 23.0 Å². The minimum atomic E-state index is -4.07. The molecule has 2 aromatic rings. The van der Waals surface area contributed by atoms with Gasteiger partial charge in [-0.05, 0) is 69.7 Å². The standard InChI is InChI=1S/C76H137IO38S/c1-75(2,20-55(80)28-98-46-70(47-99-29-56(81)23-91-5)112-52-71(109-35-60(85)27-95-9)49-100-30-57(82)24-92-6)115-64-14-18-74(19-15-64)116(89,90)73-16-12-54(13-17-73)76(3,4)113-53-66(22-79)111-51-72(50-103-42-65(21-78)105-36-61(86)31-101-43-67(40-96-10)106-33-58(83)25-93-7)110-37-62(87)32-102-45-69(108-38-63(88)39-114-77)48-104-44-68(41-97-11)107-34-59(84)26-94-8/h12-19,55-63,65-72,78-88H,20-53H2,1-11H3. The van der Waals surface area contributed by atoms with Gasteiger partial charge in [0, 0.05) is 56.2 Å². The molecule has 2 rings (SSSR count). The Bertz CT molecular complexity index is 2730. The summed E-state index contributed by atoms with van der Waals surface area (Å²) in [6, 6.07) is 12.0. The third-order valence-corrected chi connectivity index (χ3v) is 18.5. The summed E-state index contributed by atoms with van der Waals surface area (Å²) in [4.78, 5) is -0.0298. The Morgan fingerprint density at radius 3 is 0.888 bits per heavy atom. The highest BCUT2D eigenvalue weighted by Gasteiger charge is 2.30. The molecule has 0 aliphatic carbocycles. The summed E-state index contributed by atoms with van der Waals surface area (Å²) in [5.41, 5.74) is -1.47. The van der Waals surface area contributed by atoms with E-state index in [-0.39, 0.29) is 221 Å². The van der Waals surface area contributed by atoms with Crippen molar-refractivity contribution in [3.63, 3.8) is 0 Å². The summed E-state index contributed by atoms with van der Waals surface area (Å²) in [6.07, 6.45) is -14.8. The molecule has 0 amide bonds. The lowest BCUT2D eigenvalue weighted by Crippen LogP contribution is -2.37. The maximum atomic E-state index is 14.1. The summed E-state index contributed by atoms with van der Waals surface area (Å²) in [5.74, 6) is 0.327. The van der Waals surface area contributed by atoms with E-state index in [4.69, 9.17) is 117 Å². The van der Waals surface area contributed by atoms with Gasteiger partial charge < -0.3 is 173 Å². The normalized spacial score (nSPS) is 17.0. The summed E-state index contributed by atoms with van der Waals surface area (Å²) >= 11 is 1.66. The molecular weight excluding hydrogens is 1680 g/mol. The zero-order chi connectivity index (χ0) is 86.0. The van der Waals surface area contributed by atoms with Crippen LogP contribution in [0.25, 0.3) is 0 Å². The first-order valence-corrected chi connectivity index (χ1v) is 40.6. The predicted molar refractivity (Wildman–Crippen MR) is 422 cm³/mol. The van der Waals surface area contributed by atoms with E-state index in [0.29, 0.717) is 11.3 Å². The van der Waals surface area contributed by atoms with E-state index >= 15 is 0 Å². The van der Waals surface area contributed by atoms with E-state index in [1.807, 2.05) is 0 Å². The number of hydrogen-bond donors (Lipinski definition) is 11. The van der Waals surface area contributed by atoms with Crippen LogP contribution in [0.2, 0.25) is 0 Å². The number of sulfone groups is 1. The van der Waals surface area contributed by atoms with E-state index in [1.165, 1.54) is 86.2 Å². The minimum absolute atomic E-state index is 0.0106. The van der Waals surface area contributed by atoms with Gasteiger partial charge in [0.05, 0.1) is 240 Å². The van der Waals surface area contributed by atoms with E-state index in [0.717, 1.165) is 0 Å². The van der Waals surface area contributed by atoms with Crippen LogP contribution in [0, 0.1) is 0 Å². The molecule has 0 bridgehead atoms.